The second-order valence-corrected chi connectivity index (χ2v) is 6.18. The molecule has 106 valence electrons. The Morgan fingerprint density at radius 1 is 1.25 bits per heavy atom. The summed E-state index contributed by atoms with van der Waals surface area (Å²) in [6.45, 7) is 5.94. The number of anilines is 2. The van der Waals surface area contributed by atoms with Crippen LogP contribution >= 0.6 is 11.3 Å². The molecule has 0 atom stereocenters. The third kappa shape index (κ3) is 3.10. The van der Waals surface area contributed by atoms with Gasteiger partial charge in [-0.25, -0.2) is 9.97 Å². The molecule has 3 rings (SSSR count). The SMILES string of the molecule is CCNc1cc(NCc2sccc2C)nc(C2CC2)n1. The van der Waals surface area contributed by atoms with Crippen molar-refractivity contribution >= 4 is 23.0 Å². The summed E-state index contributed by atoms with van der Waals surface area (Å²) in [5.74, 6) is 3.40. The van der Waals surface area contributed by atoms with E-state index in [2.05, 4.69) is 45.9 Å². The Bertz CT molecular complexity index is 589. The average Bonchev–Trinajstić information content (AvgIpc) is 3.21. The van der Waals surface area contributed by atoms with E-state index in [-0.39, 0.29) is 0 Å². The van der Waals surface area contributed by atoms with Gasteiger partial charge in [0.25, 0.3) is 0 Å². The third-order valence-corrected chi connectivity index (χ3v) is 4.47. The normalized spacial score (nSPS) is 14.3. The molecule has 0 aliphatic heterocycles. The van der Waals surface area contributed by atoms with Crippen molar-refractivity contribution in [3.63, 3.8) is 0 Å². The van der Waals surface area contributed by atoms with Gasteiger partial charge in [-0.05, 0) is 43.7 Å². The second kappa shape index (κ2) is 5.79. The maximum Gasteiger partial charge on any atom is 0.136 e. The van der Waals surface area contributed by atoms with E-state index in [0.29, 0.717) is 5.92 Å². The summed E-state index contributed by atoms with van der Waals surface area (Å²) >= 11 is 1.78. The number of thiophene rings is 1. The van der Waals surface area contributed by atoms with E-state index in [1.165, 1.54) is 23.3 Å². The molecule has 1 fully saturated rings. The summed E-state index contributed by atoms with van der Waals surface area (Å²) < 4.78 is 0. The van der Waals surface area contributed by atoms with Gasteiger partial charge in [0.2, 0.25) is 0 Å². The van der Waals surface area contributed by atoms with Crippen molar-refractivity contribution in [3.8, 4) is 0 Å². The molecule has 0 saturated heterocycles. The molecule has 2 N–H and O–H groups in total. The molecule has 1 aliphatic rings. The fourth-order valence-corrected chi connectivity index (χ4v) is 2.95. The van der Waals surface area contributed by atoms with Crippen LogP contribution in [0.15, 0.2) is 17.5 Å². The van der Waals surface area contributed by atoms with E-state index < -0.39 is 0 Å². The lowest BCUT2D eigenvalue weighted by Gasteiger charge is -2.10. The van der Waals surface area contributed by atoms with Crippen LogP contribution in [0, 0.1) is 6.92 Å². The molecule has 5 heteroatoms. The number of nitrogens with zero attached hydrogens (tertiary/aromatic N) is 2. The molecule has 2 aromatic heterocycles. The predicted molar refractivity (Wildman–Crippen MR) is 84.6 cm³/mol. The van der Waals surface area contributed by atoms with Crippen LogP contribution in [0.4, 0.5) is 11.6 Å². The Labute approximate surface area is 123 Å². The molecule has 0 radical (unpaired) electrons. The molecule has 0 spiro atoms. The quantitative estimate of drug-likeness (QED) is 0.849. The predicted octanol–water partition coefficient (Wildman–Crippen LogP) is 3.77. The first-order valence-electron chi connectivity index (χ1n) is 7.16. The molecule has 0 unspecified atom stereocenters. The van der Waals surface area contributed by atoms with Crippen molar-refractivity contribution in [2.24, 2.45) is 0 Å². The number of nitrogens with one attached hydrogen (secondary N) is 2. The van der Waals surface area contributed by atoms with Crippen molar-refractivity contribution < 1.29 is 0 Å². The highest BCUT2D eigenvalue weighted by Gasteiger charge is 2.27. The number of aromatic nitrogens is 2. The number of aryl methyl sites for hydroxylation is 1. The lowest BCUT2D eigenvalue weighted by Crippen LogP contribution is -2.07. The van der Waals surface area contributed by atoms with Crippen LogP contribution in [-0.2, 0) is 6.54 Å². The molecule has 0 amide bonds. The summed E-state index contributed by atoms with van der Waals surface area (Å²) in [5, 5.41) is 8.85. The zero-order valence-electron chi connectivity index (χ0n) is 11.9. The number of hydrogen-bond acceptors (Lipinski definition) is 5. The van der Waals surface area contributed by atoms with Gasteiger partial charge >= 0.3 is 0 Å². The third-order valence-electron chi connectivity index (χ3n) is 3.44. The van der Waals surface area contributed by atoms with Gasteiger partial charge in [0.05, 0.1) is 6.54 Å². The first-order valence-corrected chi connectivity index (χ1v) is 8.04. The van der Waals surface area contributed by atoms with Crippen LogP contribution in [0.25, 0.3) is 0 Å². The van der Waals surface area contributed by atoms with Crippen LogP contribution in [0.5, 0.6) is 0 Å². The fourth-order valence-electron chi connectivity index (χ4n) is 2.11. The van der Waals surface area contributed by atoms with Crippen molar-refractivity contribution in [2.45, 2.75) is 39.2 Å². The standard InChI is InChI=1S/C15H20N4S/c1-3-16-13-8-14(19-15(18-13)11-4-5-11)17-9-12-10(2)6-7-20-12/h6-8,11H,3-5,9H2,1-2H3,(H2,16,17,18,19). The van der Waals surface area contributed by atoms with E-state index >= 15 is 0 Å². The average molecular weight is 288 g/mol. The van der Waals surface area contributed by atoms with Gasteiger partial charge in [0, 0.05) is 23.4 Å². The topological polar surface area (TPSA) is 49.8 Å². The van der Waals surface area contributed by atoms with Gasteiger partial charge in [0.1, 0.15) is 17.5 Å². The molecular formula is C15H20N4S. The highest BCUT2D eigenvalue weighted by Crippen LogP contribution is 2.38. The number of rotatable bonds is 6. The minimum Gasteiger partial charge on any atom is -0.370 e. The van der Waals surface area contributed by atoms with Crippen LogP contribution in [0.3, 0.4) is 0 Å². The first-order chi connectivity index (χ1) is 9.76. The monoisotopic (exact) mass is 288 g/mol. The first kappa shape index (κ1) is 13.4. The molecule has 2 heterocycles. The fraction of sp³-hybridized carbons (Fsp3) is 0.467. The van der Waals surface area contributed by atoms with Crippen LogP contribution in [-0.4, -0.2) is 16.5 Å². The lowest BCUT2D eigenvalue weighted by molar-refractivity contribution is 0.919. The molecule has 1 aliphatic carbocycles. The van der Waals surface area contributed by atoms with Crippen molar-refractivity contribution in [1.29, 1.82) is 0 Å². The largest absolute Gasteiger partial charge is 0.370 e. The van der Waals surface area contributed by atoms with Gasteiger partial charge in [-0.1, -0.05) is 0 Å². The Morgan fingerprint density at radius 2 is 2.00 bits per heavy atom. The van der Waals surface area contributed by atoms with E-state index in [9.17, 15) is 0 Å². The zero-order chi connectivity index (χ0) is 13.9. The lowest BCUT2D eigenvalue weighted by atomic mass is 10.3. The van der Waals surface area contributed by atoms with Gasteiger partial charge in [-0.2, -0.15) is 0 Å². The van der Waals surface area contributed by atoms with E-state index in [1.54, 1.807) is 11.3 Å². The minimum atomic E-state index is 0.567. The number of hydrogen-bond donors (Lipinski definition) is 2. The van der Waals surface area contributed by atoms with Gasteiger partial charge in [0.15, 0.2) is 0 Å². The zero-order valence-corrected chi connectivity index (χ0v) is 12.8. The Balaban J connectivity index is 1.75. The summed E-state index contributed by atoms with van der Waals surface area (Å²) in [6.07, 6.45) is 2.44. The van der Waals surface area contributed by atoms with E-state index in [1.807, 2.05) is 6.07 Å². The Kier molecular flexibility index (Phi) is 3.87. The molecule has 0 aromatic carbocycles. The summed E-state index contributed by atoms with van der Waals surface area (Å²) in [4.78, 5) is 10.6. The summed E-state index contributed by atoms with van der Waals surface area (Å²) in [6, 6.07) is 4.15. The summed E-state index contributed by atoms with van der Waals surface area (Å²) in [5.41, 5.74) is 1.34. The minimum absolute atomic E-state index is 0.567. The van der Waals surface area contributed by atoms with Gasteiger partial charge < -0.3 is 10.6 Å². The second-order valence-electron chi connectivity index (χ2n) is 5.18. The smallest absolute Gasteiger partial charge is 0.136 e. The Hall–Kier alpha value is -1.62. The van der Waals surface area contributed by atoms with Crippen LogP contribution in [0.2, 0.25) is 0 Å². The van der Waals surface area contributed by atoms with Crippen LogP contribution < -0.4 is 10.6 Å². The molecule has 20 heavy (non-hydrogen) atoms. The molecule has 2 aromatic rings. The molecule has 1 saturated carbocycles. The van der Waals surface area contributed by atoms with Crippen molar-refractivity contribution in [3.05, 3.63) is 33.8 Å². The molecular weight excluding hydrogens is 268 g/mol. The van der Waals surface area contributed by atoms with Crippen molar-refractivity contribution in [1.82, 2.24) is 9.97 Å². The van der Waals surface area contributed by atoms with Gasteiger partial charge in [-0.15, -0.1) is 11.3 Å². The summed E-state index contributed by atoms with van der Waals surface area (Å²) in [7, 11) is 0. The maximum atomic E-state index is 4.65. The highest BCUT2D eigenvalue weighted by atomic mass is 32.1. The maximum absolute atomic E-state index is 4.65. The molecule has 4 nitrogen and oxygen atoms in total. The van der Waals surface area contributed by atoms with E-state index in [0.717, 1.165) is 30.5 Å². The van der Waals surface area contributed by atoms with Crippen LogP contribution in [0.1, 0.15) is 41.9 Å². The van der Waals surface area contributed by atoms with E-state index in [4.69, 9.17) is 0 Å². The molecule has 0 bridgehead atoms. The Morgan fingerprint density at radius 3 is 2.60 bits per heavy atom. The highest BCUT2D eigenvalue weighted by molar-refractivity contribution is 7.10. The van der Waals surface area contributed by atoms with Crippen molar-refractivity contribution in [2.75, 3.05) is 17.2 Å². The van der Waals surface area contributed by atoms with Gasteiger partial charge in [-0.3, -0.25) is 0 Å².